The van der Waals surface area contributed by atoms with Gasteiger partial charge in [-0.1, -0.05) is 18.2 Å². The molecule has 2 aromatic carbocycles. The maximum atomic E-state index is 12.1. The fourth-order valence-corrected chi connectivity index (χ4v) is 2.36. The number of nitrogens with zero attached hydrogens (tertiary/aromatic N) is 1. The van der Waals surface area contributed by atoms with Gasteiger partial charge in [0.25, 0.3) is 0 Å². The summed E-state index contributed by atoms with van der Waals surface area (Å²) in [5.41, 5.74) is 1.97. The maximum absolute atomic E-state index is 12.1. The van der Waals surface area contributed by atoms with Crippen LogP contribution in [0.3, 0.4) is 0 Å². The van der Waals surface area contributed by atoms with Gasteiger partial charge in [0, 0.05) is 11.1 Å². The quantitative estimate of drug-likeness (QED) is 0.400. The van der Waals surface area contributed by atoms with E-state index in [1.807, 2.05) is 30.3 Å². The molecule has 1 heterocycles. The zero-order valence-electron chi connectivity index (χ0n) is 14.0. The van der Waals surface area contributed by atoms with Gasteiger partial charge in [-0.2, -0.15) is 0 Å². The normalized spacial score (nSPS) is 10.5. The summed E-state index contributed by atoms with van der Waals surface area (Å²) in [5.74, 6) is 0.977. The Bertz CT molecular complexity index is 895. The number of Topliss-reactive ketones (excluding diaryl/α,β-unsaturated/α-hetero) is 1. The van der Waals surface area contributed by atoms with Crippen LogP contribution >= 0.6 is 0 Å². The van der Waals surface area contributed by atoms with E-state index < -0.39 is 5.97 Å². The molecule has 0 amide bonds. The number of rotatable bonds is 5. The Morgan fingerprint density at radius 3 is 2.36 bits per heavy atom. The van der Waals surface area contributed by atoms with E-state index in [2.05, 4.69) is 4.98 Å². The second-order valence-corrected chi connectivity index (χ2v) is 5.62. The van der Waals surface area contributed by atoms with Gasteiger partial charge in [-0.25, -0.2) is 4.98 Å². The topological polar surface area (TPSA) is 69.4 Å². The molecule has 5 nitrogen and oxygen atoms in total. The van der Waals surface area contributed by atoms with Crippen LogP contribution in [0.5, 0.6) is 5.75 Å². The van der Waals surface area contributed by atoms with Crippen molar-refractivity contribution >= 4 is 11.8 Å². The van der Waals surface area contributed by atoms with Crippen molar-refractivity contribution in [2.45, 2.75) is 20.3 Å². The van der Waals surface area contributed by atoms with Gasteiger partial charge in [-0.15, -0.1) is 0 Å². The molecule has 0 aliphatic rings. The molecule has 0 radical (unpaired) electrons. The van der Waals surface area contributed by atoms with Crippen LogP contribution in [-0.4, -0.2) is 16.7 Å². The Labute approximate surface area is 145 Å². The highest BCUT2D eigenvalue weighted by Gasteiger charge is 2.16. The lowest BCUT2D eigenvalue weighted by atomic mass is 10.1. The Kier molecular flexibility index (Phi) is 4.75. The molecule has 3 rings (SSSR count). The Hall–Kier alpha value is -3.21. The van der Waals surface area contributed by atoms with Gasteiger partial charge in [-0.3, -0.25) is 9.59 Å². The summed E-state index contributed by atoms with van der Waals surface area (Å²) in [6.45, 7) is 3.25. The van der Waals surface area contributed by atoms with Crippen LogP contribution in [0.15, 0.2) is 59.0 Å². The first-order valence-electron chi connectivity index (χ1n) is 7.86. The molecule has 25 heavy (non-hydrogen) atoms. The fraction of sp³-hybridized carbons (Fsp3) is 0.150. The molecule has 3 aromatic rings. The van der Waals surface area contributed by atoms with Crippen LogP contribution in [0.25, 0.3) is 11.5 Å². The minimum absolute atomic E-state index is 0.0105. The summed E-state index contributed by atoms with van der Waals surface area (Å²) in [6.07, 6.45) is 0.0105. The van der Waals surface area contributed by atoms with Gasteiger partial charge >= 0.3 is 5.97 Å². The maximum Gasteiger partial charge on any atom is 0.317 e. The standard InChI is InChI=1S/C20H17NO4/c1-13(22)15-8-10-17(11-9-15)25-19(23)12-18-14(2)24-20(21-18)16-6-4-3-5-7-16/h3-11H,12H2,1-2H3. The molecule has 126 valence electrons. The van der Waals surface area contributed by atoms with Crippen LogP contribution in [-0.2, 0) is 11.2 Å². The van der Waals surface area contributed by atoms with Crippen molar-refractivity contribution in [3.05, 3.63) is 71.6 Å². The smallest absolute Gasteiger partial charge is 0.317 e. The Morgan fingerprint density at radius 2 is 1.72 bits per heavy atom. The number of hydrogen-bond acceptors (Lipinski definition) is 5. The number of oxazole rings is 1. The van der Waals surface area contributed by atoms with E-state index in [9.17, 15) is 9.59 Å². The van der Waals surface area contributed by atoms with Crippen LogP contribution in [0, 0.1) is 6.92 Å². The molecule has 0 saturated carbocycles. The van der Waals surface area contributed by atoms with Crippen LogP contribution in [0.4, 0.5) is 0 Å². The number of ether oxygens (including phenoxy) is 1. The van der Waals surface area contributed by atoms with Crippen LogP contribution in [0.2, 0.25) is 0 Å². The largest absolute Gasteiger partial charge is 0.441 e. The van der Waals surface area contributed by atoms with E-state index >= 15 is 0 Å². The molecule has 0 atom stereocenters. The average molecular weight is 335 g/mol. The van der Waals surface area contributed by atoms with E-state index in [-0.39, 0.29) is 12.2 Å². The van der Waals surface area contributed by atoms with Crippen molar-refractivity contribution in [1.29, 1.82) is 0 Å². The molecule has 0 spiro atoms. The van der Waals surface area contributed by atoms with Crippen molar-refractivity contribution in [1.82, 2.24) is 4.98 Å². The Morgan fingerprint density at radius 1 is 1.04 bits per heavy atom. The number of aryl methyl sites for hydroxylation is 1. The number of carbonyl (C=O) groups excluding carboxylic acids is 2. The molecule has 0 bridgehead atoms. The number of aromatic nitrogens is 1. The van der Waals surface area contributed by atoms with Gasteiger partial charge < -0.3 is 9.15 Å². The first-order valence-corrected chi connectivity index (χ1v) is 7.86. The Balaban J connectivity index is 1.69. The summed E-state index contributed by atoms with van der Waals surface area (Å²) >= 11 is 0. The third kappa shape index (κ3) is 4.01. The number of ketones is 1. The zero-order valence-corrected chi connectivity index (χ0v) is 14.0. The molecule has 0 aliphatic heterocycles. The molecule has 0 unspecified atom stereocenters. The molecule has 0 saturated heterocycles. The predicted octanol–water partition coefficient (Wildman–Crippen LogP) is 4.00. The second kappa shape index (κ2) is 7.13. The van der Waals surface area contributed by atoms with Crippen molar-refractivity contribution in [3.63, 3.8) is 0 Å². The summed E-state index contributed by atoms with van der Waals surface area (Å²) in [4.78, 5) is 27.8. The summed E-state index contributed by atoms with van der Waals surface area (Å²) in [5, 5.41) is 0. The van der Waals surface area contributed by atoms with E-state index in [4.69, 9.17) is 9.15 Å². The van der Waals surface area contributed by atoms with Crippen molar-refractivity contribution < 1.29 is 18.7 Å². The molecule has 0 fully saturated rings. The van der Waals surface area contributed by atoms with Gasteiger partial charge in [0.05, 0.1) is 12.1 Å². The first kappa shape index (κ1) is 16.6. The fourth-order valence-electron chi connectivity index (χ4n) is 2.36. The predicted molar refractivity (Wildman–Crippen MR) is 92.5 cm³/mol. The summed E-state index contributed by atoms with van der Waals surface area (Å²) < 4.78 is 10.9. The summed E-state index contributed by atoms with van der Waals surface area (Å²) in [6, 6.07) is 15.9. The van der Waals surface area contributed by atoms with Crippen LogP contribution < -0.4 is 4.74 Å². The van der Waals surface area contributed by atoms with E-state index in [1.54, 1.807) is 31.2 Å². The van der Waals surface area contributed by atoms with Crippen molar-refractivity contribution in [3.8, 4) is 17.2 Å². The van der Waals surface area contributed by atoms with Crippen molar-refractivity contribution in [2.75, 3.05) is 0 Å². The number of carbonyl (C=O) groups is 2. The molecular formula is C20H17NO4. The van der Waals surface area contributed by atoms with Gasteiger partial charge in [-0.05, 0) is 50.2 Å². The molecule has 1 aromatic heterocycles. The molecular weight excluding hydrogens is 318 g/mol. The van der Waals surface area contributed by atoms with E-state index in [1.165, 1.54) is 6.92 Å². The molecule has 0 aliphatic carbocycles. The van der Waals surface area contributed by atoms with E-state index in [0.717, 1.165) is 5.56 Å². The van der Waals surface area contributed by atoms with Gasteiger partial charge in [0.2, 0.25) is 5.89 Å². The average Bonchev–Trinajstić information content (AvgIpc) is 2.97. The number of esters is 1. The lowest BCUT2D eigenvalue weighted by molar-refractivity contribution is -0.133. The minimum atomic E-state index is -0.438. The summed E-state index contributed by atoms with van der Waals surface area (Å²) in [7, 11) is 0. The molecule has 5 heteroatoms. The number of benzene rings is 2. The third-order valence-electron chi connectivity index (χ3n) is 3.72. The highest BCUT2D eigenvalue weighted by atomic mass is 16.5. The monoisotopic (exact) mass is 335 g/mol. The first-order chi connectivity index (χ1) is 12.0. The van der Waals surface area contributed by atoms with E-state index in [0.29, 0.717) is 28.7 Å². The van der Waals surface area contributed by atoms with Gasteiger partial charge in [0.1, 0.15) is 11.5 Å². The zero-order chi connectivity index (χ0) is 17.8. The number of hydrogen-bond donors (Lipinski definition) is 0. The second-order valence-electron chi connectivity index (χ2n) is 5.62. The lowest BCUT2D eigenvalue weighted by Crippen LogP contribution is -2.12. The third-order valence-corrected chi connectivity index (χ3v) is 3.72. The molecule has 0 N–H and O–H groups in total. The minimum Gasteiger partial charge on any atom is -0.441 e. The SMILES string of the molecule is CC(=O)c1ccc(OC(=O)Cc2nc(-c3ccccc3)oc2C)cc1. The highest BCUT2D eigenvalue weighted by molar-refractivity contribution is 5.94. The van der Waals surface area contributed by atoms with Crippen molar-refractivity contribution in [2.24, 2.45) is 0 Å². The van der Waals surface area contributed by atoms with Crippen LogP contribution in [0.1, 0.15) is 28.7 Å². The lowest BCUT2D eigenvalue weighted by Gasteiger charge is -2.04. The van der Waals surface area contributed by atoms with Gasteiger partial charge in [0.15, 0.2) is 5.78 Å². The highest BCUT2D eigenvalue weighted by Crippen LogP contribution is 2.22.